The summed E-state index contributed by atoms with van der Waals surface area (Å²) in [5.74, 6) is 0. The highest BCUT2D eigenvalue weighted by atomic mass is 16.8. The Morgan fingerprint density at radius 1 is 0.254 bits per heavy atom. The first-order chi connectivity index (χ1) is 31.7. The van der Waals surface area contributed by atoms with Crippen LogP contribution in [0.5, 0.6) is 0 Å². The summed E-state index contributed by atoms with van der Waals surface area (Å²) < 4.78 is 61.0. The van der Waals surface area contributed by atoms with Gasteiger partial charge in [0, 0.05) is 0 Å². The maximum absolute atomic E-state index is 11.6. The van der Waals surface area contributed by atoms with Gasteiger partial charge in [0.1, 0.15) is 146 Å². The summed E-state index contributed by atoms with van der Waals surface area (Å²) in [6.07, 6.45) is -57.4. The summed E-state index contributed by atoms with van der Waals surface area (Å²) in [5.41, 5.74) is 0. The molecule has 30 atom stereocenters. The zero-order valence-corrected chi connectivity index (χ0v) is 35.0. The smallest absolute Gasteiger partial charge is 0.187 e. The van der Waals surface area contributed by atoms with Gasteiger partial charge in [0.05, 0.1) is 39.6 Å². The van der Waals surface area contributed by atoms with E-state index in [1.807, 2.05) is 0 Å². The summed E-state index contributed by atoms with van der Waals surface area (Å²) in [6.45, 7) is -5.58. The van der Waals surface area contributed by atoms with Crippen LogP contribution >= 0.6 is 0 Å². The van der Waals surface area contributed by atoms with Gasteiger partial charge in [-0.1, -0.05) is 0 Å². The van der Waals surface area contributed by atoms with Crippen molar-refractivity contribution in [2.24, 2.45) is 0 Å². The number of ether oxygens (including phenoxy) is 11. The van der Waals surface area contributed by atoms with Gasteiger partial charge in [0.15, 0.2) is 37.7 Å². The molecule has 31 nitrogen and oxygen atoms in total. The molecule has 0 saturated carbocycles. The summed E-state index contributed by atoms with van der Waals surface area (Å²) in [6, 6.07) is 0. The van der Waals surface area contributed by atoms with Crippen LogP contribution in [0.4, 0.5) is 0 Å². The lowest BCUT2D eigenvalue weighted by Crippen LogP contribution is -2.68. The Labute approximate surface area is 378 Å². The third-order valence-corrected chi connectivity index (χ3v) is 12.4. The number of hydrogen-bond donors (Lipinski definition) is 20. The molecule has 0 spiro atoms. The predicted molar refractivity (Wildman–Crippen MR) is 199 cm³/mol. The lowest BCUT2D eigenvalue weighted by atomic mass is 9.95. The minimum absolute atomic E-state index is 0.857. The van der Waals surface area contributed by atoms with Crippen molar-refractivity contribution < 1.29 is 154 Å². The second-order valence-corrected chi connectivity index (χ2v) is 16.8. The first-order valence-electron chi connectivity index (χ1n) is 21.1. The second-order valence-electron chi connectivity index (χ2n) is 16.8. The molecule has 0 aliphatic carbocycles. The van der Waals surface area contributed by atoms with E-state index in [2.05, 4.69) is 0 Å². The van der Waals surface area contributed by atoms with E-state index >= 15 is 0 Å². The van der Waals surface area contributed by atoms with Gasteiger partial charge >= 0.3 is 0 Å². The number of hydrogen-bond acceptors (Lipinski definition) is 31. The van der Waals surface area contributed by atoms with Crippen molar-refractivity contribution >= 4 is 0 Å². The molecule has 0 amide bonds. The summed E-state index contributed by atoms with van der Waals surface area (Å²) in [5, 5.41) is 209. The third-order valence-electron chi connectivity index (χ3n) is 12.4. The van der Waals surface area contributed by atoms with Crippen molar-refractivity contribution in [3.8, 4) is 0 Å². The Morgan fingerprint density at radius 3 is 0.896 bits per heavy atom. The van der Waals surface area contributed by atoms with Crippen molar-refractivity contribution in [1.82, 2.24) is 0 Å². The Balaban J connectivity index is 1.20. The highest BCUT2D eigenvalue weighted by molar-refractivity contribution is 4.99. The molecule has 0 aromatic carbocycles. The lowest BCUT2D eigenvalue weighted by molar-refractivity contribution is -0.396. The molecule has 6 heterocycles. The average molecular weight is 991 g/mol. The molecule has 6 rings (SSSR count). The second kappa shape index (κ2) is 23.5. The first-order valence-corrected chi connectivity index (χ1v) is 21.1. The number of aliphatic hydroxyl groups excluding tert-OH is 20. The zero-order chi connectivity index (χ0) is 49.3. The van der Waals surface area contributed by atoms with Crippen LogP contribution in [0.1, 0.15) is 0 Å². The zero-order valence-electron chi connectivity index (χ0n) is 35.0. The fourth-order valence-corrected chi connectivity index (χ4v) is 8.42. The largest absolute Gasteiger partial charge is 0.394 e. The van der Waals surface area contributed by atoms with Crippen molar-refractivity contribution in [3.05, 3.63) is 0 Å². The monoisotopic (exact) mass is 990 g/mol. The van der Waals surface area contributed by atoms with Gasteiger partial charge in [-0.3, -0.25) is 0 Å². The first kappa shape index (κ1) is 55.1. The predicted octanol–water partition coefficient (Wildman–Crippen LogP) is -14.1. The quantitative estimate of drug-likeness (QED) is 0.0683. The molecule has 31 heteroatoms. The Bertz CT molecular complexity index is 1500. The molecule has 392 valence electrons. The van der Waals surface area contributed by atoms with Crippen molar-refractivity contribution in [1.29, 1.82) is 0 Å². The van der Waals surface area contributed by atoms with Crippen molar-refractivity contribution in [2.45, 2.75) is 184 Å². The summed E-state index contributed by atoms with van der Waals surface area (Å²) in [7, 11) is 0. The molecular formula is C36H62O31. The van der Waals surface area contributed by atoms with Gasteiger partial charge in [-0.15, -0.1) is 0 Å². The van der Waals surface area contributed by atoms with Crippen LogP contribution in [0.2, 0.25) is 0 Å². The van der Waals surface area contributed by atoms with Crippen LogP contribution in [0.3, 0.4) is 0 Å². The SMILES string of the molecule is OC[C@H]1O[C@H](OC[C@H]2O[C@H](O[C@H]3[C@H](O)[C@@H](O)[C@@H](O[C@H]4[C@H](O)[C@@H](O)[C@@H](O)O[C@@H]4CO)O[C@@H]3CO)[C@H](O)[C@@H](O)[C@@H]2O[C@H]2O[C@H](CO)[C@@H](O[C@H]3O[C@H](CO)[C@@H](O)[C@H](O)[C@H]3O)[C@H](O)[C@H]2O)[C@H](O)[C@@H](O)[C@@H]1O. The van der Waals surface area contributed by atoms with Crippen LogP contribution in [-0.2, 0) is 52.1 Å². The molecule has 0 aromatic heterocycles. The van der Waals surface area contributed by atoms with E-state index in [-0.39, 0.29) is 0 Å². The van der Waals surface area contributed by atoms with Gasteiger partial charge in [-0.25, -0.2) is 0 Å². The minimum Gasteiger partial charge on any atom is -0.394 e. The third kappa shape index (κ3) is 11.4. The molecule has 0 aromatic rings. The fraction of sp³-hybridized carbons (Fsp3) is 1.00. The number of aliphatic hydroxyl groups is 20. The van der Waals surface area contributed by atoms with Gasteiger partial charge in [-0.05, 0) is 0 Å². The Kier molecular flexibility index (Phi) is 19.4. The van der Waals surface area contributed by atoms with E-state index in [0.29, 0.717) is 0 Å². The van der Waals surface area contributed by atoms with Crippen LogP contribution < -0.4 is 0 Å². The van der Waals surface area contributed by atoms with E-state index < -0.39 is 224 Å². The van der Waals surface area contributed by atoms with E-state index in [9.17, 15) is 102 Å². The lowest BCUT2D eigenvalue weighted by Gasteiger charge is -2.49. The van der Waals surface area contributed by atoms with E-state index in [1.165, 1.54) is 0 Å². The topological polar surface area (TPSA) is 506 Å². The molecule has 6 fully saturated rings. The van der Waals surface area contributed by atoms with Gasteiger partial charge in [0.25, 0.3) is 0 Å². The van der Waals surface area contributed by atoms with E-state index in [0.717, 1.165) is 0 Å². The van der Waals surface area contributed by atoms with Gasteiger partial charge < -0.3 is 154 Å². The van der Waals surface area contributed by atoms with Crippen molar-refractivity contribution in [3.63, 3.8) is 0 Å². The normalized spacial score (nSPS) is 53.4. The molecule has 67 heavy (non-hydrogen) atoms. The Morgan fingerprint density at radius 2 is 0.522 bits per heavy atom. The fourth-order valence-electron chi connectivity index (χ4n) is 8.42. The highest BCUT2D eigenvalue weighted by Gasteiger charge is 2.57. The van der Waals surface area contributed by atoms with E-state index in [1.54, 1.807) is 0 Å². The van der Waals surface area contributed by atoms with Crippen LogP contribution in [-0.4, -0.2) is 326 Å². The average Bonchev–Trinajstić information content (AvgIpc) is 3.32. The van der Waals surface area contributed by atoms with Gasteiger partial charge in [-0.2, -0.15) is 0 Å². The molecule has 6 saturated heterocycles. The summed E-state index contributed by atoms with van der Waals surface area (Å²) >= 11 is 0. The maximum Gasteiger partial charge on any atom is 0.187 e. The molecule has 6 aliphatic rings. The molecular weight excluding hydrogens is 928 g/mol. The number of rotatable bonds is 16. The Hall–Kier alpha value is -1.24. The van der Waals surface area contributed by atoms with Crippen LogP contribution in [0, 0.1) is 0 Å². The highest BCUT2D eigenvalue weighted by Crippen LogP contribution is 2.36. The minimum atomic E-state index is -2.26. The van der Waals surface area contributed by atoms with Crippen LogP contribution in [0.15, 0.2) is 0 Å². The van der Waals surface area contributed by atoms with Crippen molar-refractivity contribution in [2.75, 3.05) is 39.6 Å². The maximum atomic E-state index is 11.6. The molecule has 6 aliphatic heterocycles. The van der Waals surface area contributed by atoms with E-state index in [4.69, 9.17) is 52.1 Å². The molecule has 20 N–H and O–H groups in total. The van der Waals surface area contributed by atoms with Crippen LogP contribution in [0.25, 0.3) is 0 Å². The standard InChI is InChI=1S/C36H62O31/c37-1-7-13(42)15(44)22(51)32(59-7)57-6-12-30(67-35-25(54)19(48)28(10(4-40)62-35)65-33-23(52)16(45)14(43)8(2-38)60-33)20(49)26(55)36(63-12)66-29-11(5-41)61-34(24(53)18(29)47)64-27-9(3-39)58-31(56)21(50)17(27)46/h7-56H,1-6H2/t7-,8-,9-,10-,11-,12-,13-,14-,15+,16+,17-,18-,19-,20-,21-,22-,23-,24-,25-,26-,27-,28-,29-,30-,31+,32+,33-,34-,35-,36-/m1/s1. The molecule has 0 unspecified atom stereocenters. The molecule has 0 bridgehead atoms. The molecule has 0 radical (unpaired) electrons. The van der Waals surface area contributed by atoms with Gasteiger partial charge in [0.2, 0.25) is 0 Å². The summed E-state index contributed by atoms with van der Waals surface area (Å²) in [4.78, 5) is 0.